The molecule has 4 nitrogen and oxygen atoms in total. The number of hydrogen-bond acceptors (Lipinski definition) is 4. The fourth-order valence-corrected chi connectivity index (χ4v) is 5.79. The van der Waals surface area contributed by atoms with Crippen LogP contribution in [0, 0.1) is 5.92 Å². The van der Waals surface area contributed by atoms with Gasteiger partial charge in [0.15, 0.2) is 0 Å². The van der Waals surface area contributed by atoms with Gasteiger partial charge < -0.3 is 9.64 Å². The zero-order chi connectivity index (χ0) is 18.5. The van der Waals surface area contributed by atoms with Crippen molar-refractivity contribution in [3.63, 3.8) is 0 Å². The first-order chi connectivity index (χ1) is 12.2. The fraction of sp³-hybridized carbons (Fsp3) is 1.00. The second kappa shape index (κ2) is 7.02. The molecule has 1 aliphatic carbocycles. The van der Waals surface area contributed by atoms with E-state index in [2.05, 4.69) is 49.3 Å². The summed E-state index contributed by atoms with van der Waals surface area (Å²) in [6.45, 7) is 19.2. The van der Waals surface area contributed by atoms with Gasteiger partial charge in [-0.1, -0.05) is 0 Å². The standard InChI is InChI=1S/C22H41N3O/c1-17(2)24-9-6-18(7-10-24)14-23-15-22(16-23)8-11-25(22)19-12-20(13-19)26-21(3,4)5/h17-20H,6-16H2,1-5H3. The van der Waals surface area contributed by atoms with Crippen LogP contribution in [0.3, 0.4) is 0 Å². The van der Waals surface area contributed by atoms with E-state index in [9.17, 15) is 0 Å². The van der Waals surface area contributed by atoms with Gasteiger partial charge in [-0.25, -0.2) is 0 Å². The minimum Gasteiger partial charge on any atom is -0.373 e. The molecule has 4 aliphatic rings. The van der Waals surface area contributed by atoms with Crippen LogP contribution in [0.5, 0.6) is 0 Å². The summed E-state index contributed by atoms with van der Waals surface area (Å²) in [6.07, 6.45) is 7.25. The average Bonchev–Trinajstić information content (AvgIpc) is 2.46. The van der Waals surface area contributed by atoms with E-state index in [-0.39, 0.29) is 5.60 Å². The second-order valence-electron chi connectivity index (χ2n) is 10.9. The van der Waals surface area contributed by atoms with Crippen LogP contribution >= 0.6 is 0 Å². The lowest BCUT2D eigenvalue weighted by atomic mass is 9.72. The number of hydrogen-bond donors (Lipinski definition) is 0. The summed E-state index contributed by atoms with van der Waals surface area (Å²) < 4.78 is 6.15. The molecule has 3 aliphatic heterocycles. The first-order valence-corrected chi connectivity index (χ1v) is 11.2. The van der Waals surface area contributed by atoms with Crippen LogP contribution in [0.1, 0.15) is 66.7 Å². The van der Waals surface area contributed by atoms with Crippen LogP contribution in [0.4, 0.5) is 0 Å². The third-order valence-electron chi connectivity index (χ3n) is 7.39. The van der Waals surface area contributed by atoms with Crippen molar-refractivity contribution >= 4 is 0 Å². The normalized spacial score (nSPS) is 33.9. The van der Waals surface area contributed by atoms with E-state index < -0.39 is 0 Å². The summed E-state index contributed by atoms with van der Waals surface area (Å²) in [7, 11) is 0. The number of nitrogens with zero attached hydrogens (tertiary/aromatic N) is 3. The molecule has 0 unspecified atom stereocenters. The molecule has 0 aromatic heterocycles. The summed E-state index contributed by atoms with van der Waals surface area (Å²) in [5.74, 6) is 0.934. The molecule has 4 rings (SSSR count). The van der Waals surface area contributed by atoms with Gasteiger partial charge in [-0.05, 0) is 85.7 Å². The maximum absolute atomic E-state index is 6.15. The lowest BCUT2D eigenvalue weighted by Gasteiger charge is -2.67. The third-order valence-corrected chi connectivity index (χ3v) is 7.39. The van der Waals surface area contributed by atoms with Gasteiger partial charge in [0, 0.05) is 43.8 Å². The van der Waals surface area contributed by atoms with E-state index in [1.54, 1.807) is 0 Å². The van der Waals surface area contributed by atoms with Crippen molar-refractivity contribution < 1.29 is 4.74 Å². The highest BCUT2D eigenvalue weighted by Gasteiger charge is 2.57. The Kier molecular flexibility index (Phi) is 5.18. The van der Waals surface area contributed by atoms with Crippen molar-refractivity contribution in [1.29, 1.82) is 0 Å². The molecule has 0 aromatic carbocycles. The van der Waals surface area contributed by atoms with Gasteiger partial charge in [0.25, 0.3) is 0 Å². The lowest BCUT2D eigenvalue weighted by molar-refractivity contribution is -0.193. The molecular weight excluding hydrogens is 322 g/mol. The third kappa shape index (κ3) is 3.85. The van der Waals surface area contributed by atoms with Crippen LogP contribution in [-0.2, 0) is 4.74 Å². The molecule has 0 atom stereocenters. The Bertz CT molecular complexity index is 480. The first-order valence-electron chi connectivity index (χ1n) is 11.2. The molecular formula is C22H41N3O. The fourth-order valence-electron chi connectivity index (χ4n) is 5.79. The minimum absolute atomic E-state index is 0.0146. The number of ether oxygens (including phenoxy) is 1. The van der Waals surface area contributed by atoms with Crippen LogP contribution in [-0.4, -0.2) is 83.3 Å². The Labute approximate surface area is 161 Å². The van der Waals surface area contributed by atoms with Crippen LogP contribution in [0.2, 0.25) is 0 Å². The van der Waals surface area contributed by atoms with Gasteiger partial charge >= 0.3 is 0 Å². The monoisotopic (exact) mass is 363 g/mol. The molecule has 1 spiro atoms. The van der Waals surface area contributed by atoms with Gasteiger partial charge in [-0.2, -0.15) is 0 Å². The highest BCUT2D eigenvalue weighted by molar-refractivity contribution is 5.14. The van der Waals surface area contributed by atoms with Crippen molar-refractivity contribution in [3.05, 3.63) is 0 Å². The molecule has 0 bridgehead atoms. The average molecular weight is 364 g/mol. The van der Waals surface area contributed by atoms with Crippen LogP contribution in [0.15, 0.2) is 0 Å². The van der Waals surface area contributed by atoms with E-state index in [0.717, 1.165) is 18.0 Å². The predicted molar refractivity (Wildman–Crippen MR) is 108 cm³/mol. The topological polar surface area (TPSA) is 19.0 Å². The van der Waals surface area contributed by atoms with Crippen molar-refractivity contribution in [3.8, 4) is 0 Å². The SMILES string of the molecule is CC(C)N1CCC(CN2CC3(CCN3C3CC(OC(C)(C)C)C3)C2)CC1. The van der Waals surface area contributed by atoms with Gasteiger partial charge in [0.1, 0.15) is 0 Å². The molecule has 26 heavy (non-hydrogen) atoms. The van der Waals surface area contributed by atoms with E-state index in [1.165, 1.54) is 71.4 Å². The maximum Gasteiger partial charge on any atom is 0.0612 e. The van der Waals surface area contributed by atoms with Crippen molar-refractivity contribution in [1.82, 2.24) is 14.7 Å². The van der Waals surface area contributed by atoms with Gasteiger partial charge in [0.05, 0.1) is 11.7 Å². The molecule has 3 saturated heterocycles. The molecule has 0 radical (unpaired) electrons. The largest absolute Gasteiger partial charge is 0.373 e. The summed E-state index contributed by atoms with van der Waals surface area (Å²) >= 11 is 0. The lowest BCUT2D eigenvalue weighted by Crippen LogP contribution is -2.79. The maximum atomic E-state index is 6.15. The summed E-state index contributed by atoms with van der Waals surface area (Å²) in [5.41, 5.74) is 0.566. The Hall–Kier alpha value is -0.160. The van der Waals surface area contributed by atoms with Gasteiger partial charge in [0.2, 0.25) is 0 Å². The summed E-state index contributed by atoms with van der Waals surface area (Å²) in [6, 6.07) is 1.52. The molecule has 3 heterocycles. The number of likely N-dealkylation sites (tertiary alicyclic amines) is 3. The van der Waals surface area contributed by atoms with Crippen molar-refractivity contribution in [2.75, 3.05) is 39.3 Å². The van der Waals surface area contributed by atoms with E-state index in [4.69, 9.17) is 4.74 Å². The van der Waals surface area contributed by atoms with Crippen LogP contribution in [0.25, 0.3) is 0 Å². The quantitative estimate of drug-likeness (QED) is 0.746. The Morgan fingerprint density at radius 1 is 1.04 bits per heavy atom. The number of rotatable bonds is 5. The molecule has 0 N–H and O–H groups in total. The van der Waals surface area contributed by atoms with Crippen LogP contribution < -0.4 is 0 Å². The zero-order valence-corrected chi connectivity index (χ0v) is 17.8. The second-order valence-corrected chi connectivity index (χ2v) is 10.9. The van der Waals surface area contributed by atoms with Crippen molar-refractivity contribution in [2.45, 2.75) is 96.1 Å². The van der Waals surface area contributed by atoms with Gasteiger partial charge in [-0.3, -0.25) is 9.80 Å². The van der Waals surface area contributed by atoms with E-state index in [0.29, 0.717) is 11.6 Å². The molecule has 0 aromatic rings. The highest BCUT2D eigenvalue weighted by atomic mass is 16.5. The molecule has 4 fully saturated rings. The highest BCUT2D eigenvalue weighted by Crippen LogP contribution is 2.46. The summed E-state index contributed by atoms with van der Waals surface area (Å²) in [4.78, 5) is 8.24. The van der Waals surface area contributed by atoms with Gasteiger partial charge in [-0.15, -0.1) is 0 Å². The number of piperidine rings is 1. The molecule has 0 amide bonds. The van der Waals surface area contributed by atoms with E-state index in [1.807, 2.05) is 0 Å². The Balaban J connectivity index is 1.17. The summed E-state index contributed by atoms with van der Waals surface area (Å²) in [5, 5.41) is 0. The minimum atomic E-state index is 0.0146. The van der Waals surface area contributed by atoms with Crippen molar-refractivity contribution in [2.24, 2.45) is 5.92 Å². The Morgan fingerprint density at radius 3 is 2.19 bits per heavy atom. The molecule has 4 heteroatoms. The van der Waals surface area contributed by atoms with E-state index >= 15 is 0 Å². The predicted octanol–water partition coefficient (Wildman–Crippen LogP) is 3.21. The zero-order valence-electron chi connectivity index (χ0n) is 17.8. The smallest absolute Gasteiger partial charge is 0.0612 e. The molecule has 150 valence electrons. The molecule has 1 saturated carbocycles. The Morgan fingerprint density at radius 2 is 1.69 bits per heavy atom. The first kappa shape index (κ1) is 19.2.